The molecule has 0 aliphatic carbocycles. The van der Waals surface area contributed by atoms with Crippen molar-refractivity contribution in [1.82, 2.24) is 9.80 Å². The highest BCUT2D eigenvalue weighted by Crippen LogP contribution is 2.29. The first kappa shape index (κ1) is 28.3. The highest BCUT2D eigenvalue weighted by molar-refractivity contribution is 5.77. The second-order valence-electron chi connectivity index (χ2n) is 10.9. The smallest absolute Gasteiger partial charge is 0.248 e. The maximum absolute atomic E-state index is 13.3. The minimum Gasteiger partial charge on any atom is -0.490 e. The number of aliphatic hydroxyl groups is 2. The molecule has 2 fully saturated rings. The lowest BCUT2D eigenvalue weighted by Crippen LogP contribution is -2.56. The number of methoxy groups -OCH3 is 1. The number of benzene rings is 2. The Morgan fingerprint density at radius 1 is 0.947 bits per heavy atom. The molecule has 8 nitrogen and oxygen atoms in total. The Labute approximate surface area is 224 Å². The van der Waals surface area contributed by atoms with Crippen LogP contribution >= 0.6 is 0 Å². The van der Waals surface area contributed by atoms with E-state index < -0.39 is 11.2 Å². The molecule has 2 aromatic carbocycles. The van der Waals surface area contributed by atoms with Gasteiger partial charge in [-0.1, -0.05) is 6.07 Å². The third kappa shape index (κ3) is 7.22. The van der Waals surface area contributed by atoms with Crippen molar-refractivity contribution in [3.63, 3.8) is 0 Å². The summed E-state index contributed by atoms with van der Waals surface area (Å²) in [6.07, 6.45) is 1.09. The Kier molecular flexibility index (Phi) is 8.92. The third-order valence-electron chi connectivity index (χ3n) is 7.70. The van der Waals surface area contributed by atoms with Crippen molar-refractivity contribution in [3.05, 3.63) is 59.4 Å². The molecule has 2 N–H and O–H groups in total. The maximum atomic E-state index is 13.3. The molecule has 2 heterocycles. The third-order valence-corrected chi connectivity index (χ3v) is 7.70. The summed E-state index contributed by atoms with van der Waals surface area (Å²) < 4.78 is 24.4. The summed E-state index contributed by atoms with van der Waals surface area (Å²) in [4.78, 5) is 18.5. The second kappa shape index (κ2) is 12.0. The fourth-order valence-electron chi connectivity index (χ4n) is 5.32. The number of ether oxygens (including phenoxy) is 2. The number of nitrogens with zero attached hydrogens (tertiary/aromatic N) is 3. The van der Waals surface area contributed by atoms with Crippen molar-refractivity contribution < 1.29 is 28.9 Å². The van der Waals surface area contributed by atoms with Gasteiger partial charge in [-0.15, -0.1) is 0 Å². The van der Waals surface area contributed by atoms with Gasteiger partial charge < -0.3 is 29.5 Å². The summed E-state index contributed by atoms with van der Waals surface area (Å²) in [6.45, 7) is 6.99. The minimum absolute atomic E-state index is 0.0134. The Morgan fingerprint density at radius 3 is 2.32 bits per heavy atom. The highest BCUT2D eigenvalue weighted by Gasteiger charge is 2.41. The summed E-state index contributed by atoms with van der Waals surface area (Å²) in [5.74, 6) is 0.208. The molecule has 0 aromatic heterocycles. The average molecular weight is 530 g/mol. The Hall–Kier alpha value is -2.72. The normalized spacial score (nSPS) is 22.3. The molecule has 0 bridgehead atoms. The molecule has 9 heteroatoms. The number of halogens is 1. The van der Waals surface area contributed by atoms with Gasteiger partial charge in [-0.2, -0.15) is 0 Å². The molecule has 4 rings (SSSR count). The van der Waals surface area contributed by atoms with E-state index in [1.807, 2.05) is 36.9 Å². The molecule has 208 valence electrons. The van der Waals surface area contributed by atoms with Crippen molar-refractivity contribution in [2.45, 2.75) is 37.9 Å². The molecule has 2 aliphatic heterocycles. The van der Waals surface area contributed by atoms with Gasteiger partial charge >= 0.3 is 0 Å². The number of piperidine rings is 1. The van der Waals surface area contributed by atoms with Gasteiger partial charge in [0.15, 0.2) is 0 Å². The zero-order valence-corrected chi connectivity index (χ0v) is 22.7. The molecule has 0 saturated carbocycles. The van der Waals surface area contributed by atoms with Crippen LogP contribution in [0, 0.1) is 19.7 Å². The van der Waals surface area contributed by atoms with Gasteiger partial charge in [-0.25, -0.2) is 4.39 Å². The Bertz CT molecular complexity index is 1090. The van der Waals surface area contributed by atoms with E-state index in [9.17, 15) is 19.4 Å². The monoisotopic (exact) mass is 529 g/mol. The molecule has 2 saturated heterocycles. The predicted octanol–water partition coefficient (Wildman–Crippen LogP) is 2.37. The predicted molar refractivity (Wildman–Crippen MR) is 144 cm³/mol. The number of amides is 1. The van der Waals surface area contributed by atoms with E-state index in [1.165, 1.54) is 19.2 Å². The molecule has 1 amide bonds. The van der Waals surface area contributed by atoms with Crippen LogP contribution < -0.4 is 9.64 Å². The summed E-state index contributed by atoms with van der Waals surface area (Å²) in [7, 11) is 1.48. The lowest BCUT2D eigenvalue weighted by Gasteiger charge is -2.42. The summed E-state index contributed by atoms with van der Waals surface area (Å²) in [5.41, 5.74) is 0.935. The van der Waals surface area contributed by atoms with Crippen LogP contribution in [-0.2, 0) is 9.53 Å². The number of carbonyl (C=O) groups is 1. The summed E-state index contributed by atoms with van der Waals surface area (Å²) in [5, 5.41) is 23.2. The molecule has 2 aliphatic rings. The van der Waals surface area contributed by atoms with Gasteiger partial charge in [-0.05, 0) is 74.2 Å². The molecule has 0 radical (unpaired) electrons. The number of carbonyl (C=O) groups excluding carboxylic acids is 1. The van der Waals surface area contributed by atoms with E-state index in [1.54, 1.807) is 17.0 Å². The molecule has 1 atom stereocenters. The lowest BCUT2D eigenvalue weighted by atomic mass is 9.90. The molecular formula is C29H40FN3O5. The molecule has 2 aromatic rings. The van der Waals surface area contributed by atoms with Crippen LogP contribution in [0.5, 0.6) is 5.75 Å². The number of β-amino-alcohol motifs (C(OH)–C–C–N with tert-alkyl or cyclic N) is 2. The van der Waals surface area contributed by atoms with Crippen LogP contribution in [0.1, 0.15) is 24.0 Å². The van der Waals surface area contributed by atoms with Crippen molar-refractivity contribution in [1.29, 1.82) is 0 Å². The van der Waals surface area contributed by atoms with Gasteiger partial charge in [-0.3, -0.25) is 9.69 Å². The first-order valence-electron chi connectivity index (χ1n) is 13.2. The first-order valence-corrected chi connectivity index (χ1v) is 13.2. The van der Waals surface area contributed by atoms with Crippen LogP contribution in [-0.4, -0.2) is 103 Å². The highest BCUT2D eigenvalue weighted by atomic mass is 19.1. The number of hydrogen-bond acceptors (Lipinski definition) is 7. The number of rotatable bonds is 8. The second-order valence-corrected chi connectivity index (χ2v) is 10.9. The fourth-order valence-corrected chi connectivity index (χ4v) is 5.32. The van der Waals surface area contributed by atoms with Gasteiger partial charge in [0.25, 0.3) is 0 Å². The van der Waals surface area contributed by atoms with Crippen molar-refractivity contribution in [2.75, 3.05) is 71.0 Å². The topological polar surface area (TPSA) is 85.7 Å². The minimum atomic E-state index is -1.33. The van der Waals surface area contributed by atoms with Crippen LogP contribution in [0.15, 0.2) is 42.5 Å². The van der Waals surface area contributed by atoms with E-state index in [0.717, 1.165) is 16.8 Å². The molecule has 0 spiro atoms. The van der Waals surface area contributed by atoms with E-state index in [4.69, 9.17) is 9.47 Å². The van der Waals surface area contributed by atoms with Crippen LogP contribution in [0.25, 0.3) is 0 Å². The van der Waals surface area contributed by atoms with E-state index in [2.05, 4.69) is 4.90 Å². The van der Waals surface area contributed by atoms with E-state index in [0.29, 0.717) is 51.3 Å². The zero-order chi connectivity index (χ0) is 27.3. The van der Waals surface area contributed by atoms with Crippen molar-refractivity contribution >= 4 is 11.6 Å². The van der Waals surface area contributed by atoms with Gasteiger partial charge in [0.2, 0.25) is 5.91 Å². The molecule has 38 heavy (non-hydrogen) atoms. The summed E-state index contributed by atoms with van der Waals surface area (Å²) >= 11 is 0. The zero-order valence-electron chi connectivity index (χ0n) is 22.7. The van der Waals surface area contributed by atoms with E-state index in [-0.39, 0.29) is 38.0 Å². The number of anilines is 1. The standard InChI is InChI=1S/C29H40FN3O5/c1-22-4-9-26(16-23(22)2)38-21-29(36)19-31(14-15-33(20-29)27(34)17-37-3)18-28(35)10-12-32(13-11-28)25-7-5-24(30)6-8-25/h4-9,16,35-36H,10-15,17-21H2,1-3H3/t29-/m0/s1. The number of aryl methyl sites for hydroxylation is 2. The maximum Gasteiger partial charge on any atom is 0.248 e. The quantitative estimate of drug-likeness (QED) is 0.543. The number of hydrogen-bond donors (Lipinski definition) is 2. The van der Waals surface area contributed by atoms with Crippen molar-refractivity contribution in [2.24, 2.45) is 0 Å². The fraction of sp³-hybridized carbons (Fsp3) is 0.552. The average Bonchev–Trinajstić information content (AvgIpc) is 3.04. The van der Waals surface area contributed by atoms with Crippen LogP contribution in [0.3, 0.4) is 0 Å². The lowest BCUT2D eigenvalue weighted by molar-refractivity contribution is -0.138. The van der Waals surface area contributed by atoms with Gasteiger partial charge in [0, 0.05) is 52.1 Å². The Morgan fingerprint density at radius 2 is 1.66 bits per heavy atom. The Balaban J connectivity index is 1.43. The van der Waals surface area contributed by atoms with Gasteiger partial charge in [0.1, 0.15) is 30.4 Å². The van der Waals surface area contributed by atoms with Crippen LogP contribution in [0.2, 0.25) is 0 Å². The largest absolute Gasteiger partial charge is 0.490 e. The summed E-state index contributed by atoms with van der Waals surface area (Å²) in [6, 6.07) is 12.2. The van der Waals surface area contributed by atoms with E-state index >= 15 is 0 Å². The van der Waals surface area contributed by atoms with Crippen LogP contribution in [0.4, 0.5) is 10.1 Å². The molecule has 0 unspecified atom stereocenters. The molecular weight excluding hydrogens is 489 g/mol. The van der Waals surface area contributed by atoms with Gasteiger partial charge in [0.05, 0.1) is 12.1 Å². The van der Waals surface area contributed by atoms with Crippen molar-refractivity contribution in [3.8, 4) is 5.75 Å². The first-order chi connectivity index (χ1) is 18.1. The SMILES string of the molecule is COCC(=O)N1CCN(CC2(O)CCN(c3ccc(F)cc3)CC2)C[C@@](O)(COc2ccc(C)c(C)c2)C1.